The topological polar surface area (TPSA) is 92.9 Å². The molecule has 4 aliphatic heterocycles. The summed E-state index contributed by atoms with van der Waals surface area (Å²) in [5.41, 5.74) is 6.00. The summed E-state index contributed by atoms with van der Waals surface area (Å²) in [6, 6.07) is -0.704. The standard InChI is InChI=1S/C18H27N3O4.ClH/c1-9(19)11-4-3-7-20(8-11)16(22)10(2)21-17(23)14-12-5-6-13(25-12)15(14)18(21)24;/h9-15H,3-8,19H2,1-2H3;1H. The molecule has 0 aromatic rings. The molecule has 0 saturated carbocycles. The number of fused-ring (bicyclic) bond motifs is 5. The molecule has 7 nitrogen and oxygen atoms in total. The van der Waals surface area contributed by atoms with Crippen LogP contribution >= 0.6 is 12.4 Å². The fourth-order valence-corrected chi connectivity index (χ4v) is 5.13. The van der Waals surface area contributed by atoms with Crippen LogP contribution < -0.4 is 5.73 Å². The molecule has 4 rings (SSSR count). The van der Waals surface area contributed by atoms with Crippen molar-refractivity contribution in [2.45, 2.75) is 63.8 Å². The van der Waals surface area contributed by atoms with Crippen LogP contribution in [0.15, 0.2) is 0 Å². The molecule has 7 atom stereocenters. The lowest BCUT2D eigenvalue weighted by Gasteiger charge is -2.37. The number of carbonyl (C=O) groups is 3. The summed E-state index contributed by atoms with van der Waals surface area (Å²) in [6.45, 7) is 4.92. The van der Waals surface area contributed by atoms with E-state index < -0.39 is 6.04 Å². The zero-order valence-electron chi connectivity index (χ0n) is 15.3. The van der Waals surface area contributed by atoms with E-state index in [-0.39, 0.29) is 66.1 Å². The molecule has 0 aromatic heterocycles. The Morgan fingerprint density at radius 1 is 1.12 bits per heavy atom. The van der Waals surface area contributed by atoms with Gasteiger partial charge in [0.1, 0.15) is 6.04 Å². The fourth-order valence-electron chi connectivity index (χ4n) is 5.13. The maximum absolute atomic E-state index is 13.0. The van der Waals surface area contributed by atoms with E-state index in [0.717, 1.165) is 25.7 Å². The van der Waals surface area contributed by atoms with E-state index in [1.165, 1.54) is 4.90 Å². The van der Waals surface area contributed by atoms with Gasteiger partial charge in [0.05, 0.1) is 24.0 Å². The number of likely N-dealkylation sites (tertiary alicyclic amines) is 2. The number of hydrogen-bond acceptors (Lipinski definition) is 5. The van der Waals surface area contributed by atoms with Crippen LogP contribution in [0.5, 0.6) is 0 Å². The van der Waals surface area contributed by atoms with Crippen molar-refractivity contribution in [3.63, 3.8) is 0 Å². The first kappa shape index (κ1) is 19.6. The van der Waals surface area contributed by atoms with Gasteiger partial charge in [-0.1, -0.05) is 0 Å². The van der Waals surface area contributed by atoms with Gasteiger partial charge in [-0.2, -0.15) is 0 Å². The summed E-state index contributed by atoms with van der Waals surface area (Å²) in [4.78, 5) is 41.6. The van der Waals surface area contributed by atoms with Crippen LogP contribution in [0.3, 0.4) is 0 Å². The number of halogens is 1. The summed E-state index contributed by atoms with van der Waals surface area (Å²) in [7, 11) is 0. The predicted molar refractivity (Wildman–Crippen MR) is 96.4 cm³/mol. The molecule has 146 valence electrons. The number of rotatable bonds is 3. The van der Waals surface area contributed by atoms with Gasteiger partial charge in [-0.15, -0.1) is 12.4 Å². The molecule has 4 saturated heterocycles. The molecule has 7 unspecified atom stereocenters. The van der Waals surface area contributed by atoms with Crippen molar-refractivity contribution in [1.29, 1.82) is 0 Å². The largest absolute Gasteiger partial charge is 0.373 e. The second-order valence-corrected chi connectivity index (χ2v) is 8.11. The van der Waals surface area contributed by atoms with Crippen molar-refractivity contribution in [2.75, 3.05) is 13.1 Å². The lowest BCUT2D eigenvalue weighted by molar-refractivity contribution is -0.153. The monoisotopic (exact) mass is 385 g/mol. The van der Waals surface area contributed by atoms with Crippen LogP contribution in [-0.4, -0.2) is 64.9 Å². The van der Waals surface area contributed by atoms with Crippen molar-refractivity contribution in [2.24, 2.45) is 23.5 Å². The number of imide groups is 1. The number of hydrogen-bond donors (Lipinski definition) is 1. The number of nitrogens with zero attached hydrogens (tertiary/aromatic N) is 2. The minimum atomic E-state index is -0.739. The molecule has 26 heavy (non-hydrogen) atoms. The Hall–Kier alpha value is -1.18. The van der Waals surface area contributed by atoms with Gasteiger partial charge in [-0.05, 0) is 45.4 Å². The van der Waals surface area contributed by atoms with Crippen LogP contribution in [-0.2, 0) is 19.1 Å². The molecule has 2 N–H and O–H groups in total. The Morgan fingerprint density at radius 2 is 1.69 bits per heavy atom. The van der Waals surface area contributed by atoms with Crippen molar-refractivity contribution >= 4 is 30.1 Å². The maximum atomic E-state index is 13.0. The van der Waals surface area contributed by atoms with Crippen molar-refractivity contribution in [1.82, 2.24) is 9.80 Å². The van der Waals surface area contributed by atoms with Crippen molar-refractivity contribution in [3.05, 3.63) is 0 Å². The van der Waals surface area contributed by atoms with E-state index >= 15 is 0 Å². The van der Waals surface area contributed by atoms with Gasteiger partial charge in [-0.25, -0.2) is 0 Å². The smallest absolute Gasteiger partial charge is 0.245 e. The number of piperidine rings is 1. The zero-order chi connectivity index (χ0) is 17.9. The Bertz CT molecular complexity index is 585. The molecule has 0 spiro atoms. The van der Waals surface area contributed by atoms with Crippen LogP contribution in [0.4, 0.5) is 0 Å². The maximum Gasteiger partial charge on any atom is 0.245 e. The van der Waals surface area contributed by atoms with E-state index in [1.807, 2.05) is 6.92 Å². The van der Waals surface area contributed by atoms with E-state index in [2.05, 4.69) is 0 Å². The van der Waals surface area contributed by atoms with Gasteiger partial charge in [0.2, 0.25) is 17.7 Å². The quantitative estimate of drug-likeness (QED) is 0.716. The lowest BCUT2D eigenvalue weighted by Crippen LogP contribution is -2.54. The third kappa shape index (κ3) is 2.84. The lowest BCUT2D eigenvalue weighted by atomic mass is 9.81. The fraction of sp³-hybridized carbons (Fsp3) is 0.833. The summed E-state index contributed by atoms with van der Waals surface area (Å²) < 4.78 is 5.75. The third-order valence-electron chi connectivity index (χ3n) is 6.58. The first-order valence-corrected chi connectivity index (χ1v) is 9.47. The molecule has 4 heterocycles. The van der Waals surface area contributed by atoms with Crippen LogP contribution in [0, 0.1) is 17.8 Å². The average molecular weight is 386 g/mol. The highest BCUT2D eigenvalue weighted by atomic mass is 35.5. The molecule has 0 radical (unpaired) electrons. The normalized spacial score (nSPS) is 38.2. The van der Waals surface area contributed by atoms with E-state index in [9.17, 15) is 14.4 Å². The van der Waals surface area contributed by atoms with Crippen LogP contribution in [0.1, 0.15) is 39.5 Å². The van der Waals surface area contributed by atoms with Gasteiger partial charge in [0.15, 0.2) is 0 Å². The molecule has 8 heteroatoms. The van der Waals surface area contributed by atoms with E-state index in [1.54, 1.807) is 11.8 Å². The van der Waals surface area contributed by atoms with E-state index in [4.69, 9.17) is 10.5 Å². The SMILES string of the molecule is CC(N)C1CCCN(C(=O)C(C)N2C(=O)C3C4CCC(O4)C3C2=O)C1.Cl. The van der Waals surface area contributed by atoms with Gasteiger partial charge >= 0.3 is 0 Å². The predicted octanol–water partition coefficient (Wildman–Crippen LogP) is 0.545. The van der Waals surface area contributed by atoms with Gasteiger partial charge in [-0.3, -0.25) is 19.3 Å². The Labute approximate surface area is 160 Å². The Balaban J connectivity index is 0.00000196. The molecule has 4 aliphatic rings. The first-order chi connectivity index (χ1) is 11.9. The summed E-state index contributed by atoms with van der Waals surface area (Å²) >= 11 is 0. The van der Waals surface area contributed by atoms with Crippen LogP contribution in [0.2, 0.25) is 0 Å². The van der Waals surface area contributed by atoms with Gasteiger partial charge in [0.25, 0.3) is 0 Å². The molecule has 0 aromatic carbocycles. The highest BCUT2D eigenvalue weighted by molar-refractivity contribution is 6.09. The first-order valence-electron chi connectivity index (χ1n) is 9.47. The molecular formula is C18H28ClN3O4. The summed E-state index contributed by atoms with van der Waals surface area (Å²) in [5.74, 6) is -1.05. The van der Waals surface area contributed by atoms with Crippen LogP contribution in [0.25, 0.3) is 0 Å². The van der Waals surface area contributed by atoms with Crippen molar-refractivity contribution < 1.29 is 19.1 Å². The Morgan fingerprint density at radius 3 is 2.23 bits per heavy atom. The number of nitrogens with two attached hydrogens (primary N) is 1. The van der Waals surface area contributed by atoms with Gasteiger partial charge < -0.3 is 15.4 Å². The average Bonchev–Trinajstić information content (AvgIpc) is 3.28. The Kier molecular flexibility index (Phi) is 5.34. The molecular weight excluding hydrogens is 358 g/mol. The second-order valence-electron chi connectivity index (χ2n) is 8.11. The molecule has 3 amide bonds. The van der Waals surface area contributed by atoms with Crippen molar-refractivity contribution in [3.8, 4) is 0 Å². The highest BCUT2D eigenvalue weighted by Gasteiger charge is 2.63. The highest BCUT2D eigenvalue weighted by Crippen LogP contribution is 2.49. The second kappa shape index (κ2) is 7.09. The third-order valence-corrected chi connectivity index (χ3v) is 6.58. The number of carbonyl (C=O) groups excluding carboxylic acids is 3. The zero-order valence-corrected chi connectivity index (χ0v) is 16.1. The molecule has 2 bridgehead atoms. The summed E-state index contributed by atoms with van der Waals surface area (Å²) in [5, 5.41) is 0. The van der Waals surface area contributed by atoms with E-state index in [0.29, 0.717) is 13.1 Å². The minimum absolute atomic E-state index is 0. The minimum Gasteiger partial charge on any atom is -0.373 e. The van der Waals surface area contributed by atoms with Gasteiger partial charge in [0, 0.05) is 19.1 Å². The number of amides is 3. The molecule has 4 fully saturated rings. The number of ether oxygens (including phenoxy) is 1. The molecule has 0 aliphatic carbocycles. The summed E-state index contributed by atoms with van der Waals surface area (Å²) in [6.07, 6.45) is 3.32.